The fraction of sp³-hybridized carbons (Fsp3) is 0.500. The summed E-state index contributed by atoms with van der Waals surface area (Å²) in [5, 5.41) is 21.9. The molecule has 2 aromatic rings. The molecule has 1 aliphatic rings. The van der Waals surface area contributed by atoms with Crippen molar-refractivity contribution >= 4 is 23.5 Å². The molecule has 0 fully saturated rings. The molecular formula is C30H42N4O6. The van der Waals surface area contributed by atoms with Gasteiger partial charge >= 0.3 is 5.97 Å². The number of carbonyl (C=O) groups excluding carboxylic acids is 2. The number of fused-ring (bicyclic) bond motifs is 1. The molecule has 0 bridgehead atoms. The van der Waals surface area contributed by atoms with Crippen molar-refractivity contribution in [1.29, 1.82) is 0 Å². The van der Waals surface area contributed by atoms with E-state index in [0.29, 0.717) is 43.1 Å². The van der Waals surface area contributed by atoms with Crippen LogP contribution in [0.25, 0.3) is 0 Å². The first-order valence-electron chi connectivity index (χ1n) is 13.7. The van der Waals surface area contributed by atoms with Crippen LogP contribution in [0, 0.1) is 5.92 Å². The average Bonchev–Trinajstić information content (AvgIpc) is 2.90. The molecule has 0 aliphatic carbocycles. The molecule has 1 aliphatic heterocycles. The second-order valence-electron chi connectivity index (χ2n) is 11.0. The Bertz CT molecular complexity index is 1170. The van der Waals surface area contributed by atoms with Crippen molar-refractivity contribution in [3.8, 4) is 5.75 Å². The Labute approximate surface area is 236 Å². The summed E-state index contributed by atoms with van der Waals surface area (Å²) in [6, 6.07) is 11.5. The summed E-state index contributed by atoms with van der Waals surface area (Å²) >= 11 is 0. The van der Waals surface area contributed by atoms with Crippen LogP contribution in [0.3, 0.4) is 0 Å². The Morgan fingerprint density at radius 3 is 2.48 bits per heavy atom. The van der Waals surface area contributed by atoms with Gasteiger partial charge in [0, 0.05) is 37.7 Å². The van der Waals surface area contributed by atoms with Gasteiger partial charge in [0.1, 0.15) is 11.9 Å². The summed E-state index contributed by atoms with van der Waals surface area (Å²) in [5.74, 6) is -0.942. The van der Waals surface area contributed by atoms with Gasteiger partial charge in [0.05, 0.1) is 23.8 Å². The zero-order chi connectivity index (χ0) is 29.4. The number of rotatable bonds is 12. The summed E-state index contributed by atoms with van der Waals surface area (Å²) < 4.78 is 6.44. The number of carboxylic acids is 1. The second-order valence-corrected chi connectivity index (χ2v) is 11.0. The summed E-state index contributed by atoms with van der Waals surface area (Å²) in [7, 11) is 5.89. The fourth-order valence-electron chi connectivity index (χ4n) is 4.73. The largest absolute Gasteiger partial charge is 0.488 e. The van der Waals surface area contributed by atoms with Crippen molar-refractivity contribution in [2.45, 2.75) is 45.4 Å². The molecular weight excluding hydrogens is 512 g/mol. The summed E-state index contributed by atoms with van der Waals surface area (Å²) in [4.78, 5) is 43.1. The van der Waals surface area contributed by atoms with Crippen LogP contribution >= 0.6 is 0 Å². The van der Waals surface area contributed by atoms with E-state index in [1.165, 1.54) is 0 Å². The molecule has 40 heavy (non-hydrogen) atoms. The third kappa shape index (κ3) is 8.51. The highest BCUT2D eigenvalue weighted by Crippen LogP contribution is 2.31. The Morgan fingerprint density at radius 2 is 1.85 bits per heavy atom. The maximum atomic E-state index is 13.6. The summed E-state index contributed by atoms with van der Waals surface area (Å²) in [6.07, 6.45) is 0.831. The van der Waals surface area contributed by atoms with Gasteiger partial charge in [-0.2, -0.15) is 0 Å². The number of aliphatic hydroxyl groups excluding tert-OH is 1. The van der Waals surface area contributed by atoms with E-state index in [1.807, 2.05) is 39.9 Å². The first-order valence-corrected chi connectivity index (χ1v) is 13.7. The Morgan fingerprint density at radius 1 is 1.15 bits per heavy atom. The van der Waals surface area contributed by atoms with E-state index in [-0.39, 0.29) is 36.0 Å². The molecule has 10 nitrogen and oxygen atoms in total. The molecule has 0 radical (unpaired) electrons. The highest BCUT2D eigenvalue weighted by atomic mass is 16.5. The predicted molar refractivity (Wildman–Crippen MR) is 154 cm³/mol. The molecule has 3 atom stereocenters. The maximum absolute atomic E-state index is 13.6. The number of ether oxygens (including phenoxy) is 1. The smallest absolute Gasteiger partial charge is 0.335 e. The van der Waals surface area contributed by atoms with Crippen molar-refractivity contribution in [3.05, 3.63) is 59.2 Å². The molecule has 2 aromatic carbocycles. The number of aromatic carboxylic acids is 1. The van der Waals surface area contributed by atoms with E-state index in [1.54, 1.807) is 47.4 Å². The second kappa shape index (κ2) is 14.2. The minimum absolute atomic E-state index is 0.0426. The minimum atomic E-state index is -0.960. The van der Waals surface area contributed by atoms with Crippen molar-refractivity contribution in [3.63, 3.8) is 0 Å². The van der Waals surface area contributed by atoms with Crippen LogP contribution in [0.1, 0.15) is 53.0 Å². The topological polar surface area (TPSA) is 123 Å². The number of nitrogens with zero attached hydrogens (tertiary/aromatic N) is 3. The van der Waals surface area contributed by atoms with Gasteiger partial charge < -0.3 is 30.1 Å². The van der Waals surface area contributed by atoms with Crippen molar-refractivity contribution in [2.75, 3.05) is 52.7 Å². The number of likely N-dealkylation sites (N-methyl/N-ethyl adjacent to an activating group) is 1. The molecule has 0 aromatic heterocycles. The van der Waals surface area contributed by atoms with E-state index >= 15 is 0 Å². The summed E-state index contributed by atoms with van der Waals surface area (Å²) in [5.41, 5.74) is 2.08. The number of nitrogens with one attached hydrogen (secondary N) is 1. The van der Waals surface area contributed by atoms with Gasteiger partial charge in [0.25, 0.3) is 5.91 Å². The zero-order valence-electron chi connectivity index (χ0n) is 24.1. The molecule has 3 N–H and O–H groups in total. The highest BCUT2D eigenvalue weighted by molar-refractivity contribution is 6.00. The lowest BCUT2D eigenvalue weighted by Crippen LogP contribution is -2.49. The SMILES string of the molecule is C[C@H](CO)N1C[C@H](C)[C@@H](CN(C)Cc2ccc(C(=O)O)cc2)Oc2ccc(NC(=O)CCCN(C)C)cc2C1=O. The molecule has 0 saturated heterocycles. The number of hydrogen-bond acceptors (Lipinski definition) is 7. The Balaban J connectivity index is 1.80. The third-order valence-electron chi connectivity index (χ3n) is 7.10. The van der Waals surface area contributed by atoms with Crippen molar-refractivity contribution in [1.82, 2.24) is 14.7 Å². The van der Waals surface area contributed by atoms with Gasteiger partial charge in [-0.3, -0.25) is 14.5 Å². The molecule has 0 saturated carbocycles. The number of hydrogen-bond donors (Lipinski definition) is 3. The number of anilines is 1. The van der Waals surface area contributed by atoms with E-state index < -0.39 is 12.0 Å². The standard InChI is InChI=1S/C30H42N4O6/c1-20-16-34(21(2)19-35)29(37)25-15-24(31-28(36)7-6-14-32(3)4)12-13-26(25)40-27(20)18-33(5)17-22-8-10-23(11-9-22)30(38)39/h8-13,15,20-21,27,35H,6-7,14,16-19H2,1-5H3,(H,31,36)(H,38,39)/t20-,21+,27+/m0/s1. The fourth-order valence-corrected chi connectivity index (χ4v) is 4.73. The van der Waals surface area contributed by atoms with Gasteiger partial charge in [0.2, 0.25) is 5.91 Å². The van der Waals surface area contributed by atoms with Gasteiger partial charge in [-0.15, -0.1) is 0 Å². The van der Waals surface area contributed by atoms with Crippen LogP contribution in [0.4, 0.5) is 5.69 Å². The van der Waals surface area contributed by atoms with Crippen LogP contribution in [0.15, 0.2) is 42.5 Å². The molecule has 3 rings (SSSR count). The van der Waals surface area contributed by atoms with Crippen LogP contribution in [0.5, 0.6) is 5.75 Å². The Kier molecular flexibility index (Phi) is 11.1. The molecule has 0 unspecified atom stereocenters. The van der Waals surface area contributed by atoms with Crippen LogP contribution in [-0.2, 0) is 11.3 Å². The number of carbonyl (C=O) groups is 3. The monoisotopic (exact) mass is 554 g/mol. The molecule has 2 amide bonds. The average molecular weight is 555 g/mol. The van der Waals surface area contributed by atoms with E-state index in [4.69, 9.17) is 9.84 Å². The molecule has 0 spiro atoms. The quantitative estimate of drug-likeness (QED) is 0.366. The van der Waals surface area contributed by atoms with Gasteiger partial charge in [-0.05, 0) is 76.9 Å². The van der Waals surface area contributed by atoms with E-state index in [0.717, 1.165) is 18.5 Å². The van der Waals surface area contributed by atoms with Crippen LogP contribution in [-0.4, -0.2) is 102 Å². The first kappa shape index (κ1) is 31.1. The van der Waals surface area contributed by atoms with Gasteiger partial charge in [-0.25, -0.2) is 4.79 Å². The zero-order valence-corrected chi connectivity index (χ0v) is 24.1. The van der Waals surface area contributed by atoms with Crippen molar-refractivity contribution < 1.29 is 29.3 Å². The van der Waals surface area contributed by atoms with Gasteiger partial charge in [-0.1, -0.05) is 19.1 Å². The lowest BCUT2D eigenvalue weighted by molar-refractivity contribution is -0.116. The number of carboxylic acid groups (broad SMARTS) is 1. The number of benzene rings is 2. The van der Waals surface area contributed by atoms with E-state index in [2.05, 4.69) is 10.2 Å². The lowest BCUT2D eigenvalue weighted by atomic mass is 9.99. The number of aliphatic hydroxyl groups is 1. The highest BCUT2D eigenvalue weighted by Gasteiger charge is 2.33. The Hall–Kier alpha value is -3.47. The lowest BCUT2D eigenvalue weighted by Gasteiger charge is -2.38. The molecule has 1 heterocycles. The predicted octanol–water partition coefficient (Wildman–Crippen LogP) is 3.02. The maximum Gasteiger partial charge on any atom is 0.335 e. The van der Waals surface area contributed by atoms with Gasteiger partial charge in [0.15, 0.2) is 0 Å². The van der Waals surface area contributed by atoms with Crippen LogP contribution in [0.2, 0.25) is 0 Å². The third-order valence-corrected chi connectivity index (χ3v) is 7.10. The summed E-state index contributed by atoms with van der Waals surface area (Å²) in [6.45, 7) is 6.01. The van der Waals surface area contributed by atoms with E-state index in [9.17, 15) is 19.5 Å². The normalized spacial score (nSPS) is 18.1. The number of amides is 2. The minimum Gasteiger partial charge on any atom is -0.488 e. The van der Waals surface area contributed by atoms with Crippen molar-refractivity contribution in [2.24, 2.45) is 5.92 Å². The molecule has 10 heteroatoms. The van der Waals surface area contributed by atoms with Crippen LogP contribution < -0.4 is 10.1 Å². The first-order chi connectivity index (χ1) is 19.0. The molecule has 218 valence electrons.